The minimum atomic E-state index is -0.801. The average molecular weight is 909 g/mol. The van der Waals surface area contributed by atoms with Gasteiger partial charge < -0.3 is 14.2 Å². The van der Waals surface area contributed by atoms with Gasteiger partial charge in [0, 0.05) is 19.3 Å². The number of carbonyl (C=O) groups excluding carboxylic acids is 3. The normalized spacial score (nSPS) is 12.5. The molecule has 0 amide bonds. The molecule has 0 aliphatic carbocycles. The summed E-state index contributed by atoms with van der Waals surface area (Å²) in [5, 5.41) is 0. The van der Waals surface area contributed by atoms with Gasteiger partial charge in [-0.05, 0) is 70.6 Å². The number of ether oxygens (including phenoxy) is 3. The van der Waals surface area contributed by atoms with Gasteiger partial charge in [-0.15, -0.1) is 0 Å². The lowest BCUT2D eigenvalue weighted by atomic mass is 10.0. The highest BCUT2D eigenvalue weighted by Crippen LogP contribution is 2.16. The molecule has 0 saturated carbocycles. The van der Waals surface area contributed by atoms with Crippen molar-refractivity contribution in [1.29, 1.82) is 0 Å². The lowest BCUT2D eigenvalue weighted by molar-refractivity contribution is -0.166. The Morgan fingerprint density at radius 1 is 0.323 bits per heavy atom. The lowest BCUT2D eigenvalue weighted by Crippen LogP contribution is -2.30. The van der Waals surface area contributed by atoms with Gasteiger partial charge in [0.15, 0.2) is 6.10 Å². The first-order chi connectivity index (χ1) is 32.0. The van der Waals surface area contributed by atoms with Gasteiger partial charge in [0.25, 0.3) is 0 Å². The highest BCUT2D eigenvalue weighted by atomic mass is 16.6. The van der Waals surface area contributed by atoms with E-state index in [2.05, 4.69) is 75.5 Å². The van der Waals surface area contributed by atoms with Crippen molar-refractivity contribution in [2.24, 2.45) is 0 Å². The summed E-state index contributed by atoms with van der Waals surface area (Å²) in [7, 11) is 0. The zero-order valence-corrected chi connectivity index (χ0v) is 43.0. The number of rotatable bonds is 50. The second-order valence-corrected chi connectivity index (χ2v) is 18.5. The van der Waals surface area contributed by atoms with Gasteiger partial charge in [-0.25, -0.2) is 0 Å². The summed E-state index contributed by atoms with van der Waals surface area (Å²) >= 11 is 0. The molecule has 376 valence electrons. The minimum absolute atomic E-state index is 0.0947. The van der Waals surface area contributed by atoms with Gasteiger partial charge in [-0.2, -0.15) is 0 Å². The van der Waals surface area contributed by atoms with Crippen molar-refractivity contribution in [3.05, 3.63) is 60.8 Å². The van der Waals surface area contributed by atoms with Crippen LogP contribution in [-0.4, -0.2) is 37.2 Å². The Hall–Kier alpha value is -2.89. The highest BCUT2D eigenvalue weighted by molar-refractivity contribution is 5.71. The molecular formula is C59H104O6. The van der Waals surface area contributed by atoms with E-state index in [1.807, 2.05) is 6.08 Å². The highest BCUT2D eigenvalue weighted by Gasteiger charge is 2.19. The molecule has 0 heterocycles. The molecule has 0 fully saturated rings. The van der Waals surface area contributed by atoms with Crippen LogP contribution in [0.4, 0.5) is 0 Å². The fourth-order valence-corrected chi connectivity index (χ4v) is 7.86. The van der Waals surface area contributed by atoms with E-state index in [0.29, 0.717) is 19.3 Å². The summed E-state index contributed by atoms with van der Waals surface area (Å²) in [5.74, 6) is -0.971. The van der Waals surface area contributed by atoms with Crippen molar-refractivity contribution in [3.8, 4) is 0 Å². The second-order valence-electron chi connectivity index (χ2n) is 18.5. The smallest absolute Gasteiger partial charge is 0.306 e. The molecule has 0 aliphatic rings. The zero-order chi connectivity index (χ0) is 47.2. The quantitative estimate of drug-likeness (QED) is 0.0262. The topological polar surface area (TPSA) is 78.9 Å². The average Bonchev–Trinajstić information content (AvgIpc) is 3.30. The molecule has 0 saturated heterocycles. The molecule has 6 heteroatoms. The van der Waals surface area contributed by atoms with Gasteiger partial charge >= 0.3 is 17.9 Å². The molecule has 0 aliphatic heterocycles. The van der Waals surface area contributed by atoms with Crippen LogP contribution in [0.25, 0.3) is 0 Å². The standard InChI is InChI=1S/C59H104O6/c1-4-7-10-13-16-19-22-25-27-28-29-30-32-34-37-40-43-46-49-52-58(61)64-55-56(54-63-57(60)51-48-45-42-39-36-33-24-21-18-15-12-9-6-3)65-59(62)53-50-47-44-41-38-35-31-26-23-20-17-14-11-8-5-2/h9,12,18,21,25,27,33,36,42,45,56H,4-8,10-11,13-17,19-20,22-24,26,28-32,34-35,37-41,43-44,46-55H2,1-3H3/b12-9-,21-18-,27-25-,36-33-,45-42-. The third-order valence-corrected chi connectivity index (χ3v) is 12.0. The first-order valence-corrected chi connectivity index (χ1v) is 27.8. The maximum atomic E-state index is 12.8. The number of hydrogen-bond acceptors (Lipinski definition) is 6. The van der Waals surface area contributed by atoms with Crippen LogP contribution >= 0.6 is 0 Å². The first kappa shape index (κ1) is 62.1. The Labute approximate surface area is 402 Å². The van der Waals surface area contributed by atoms with E-state index in [-0.39, 0.29) is 37.5 Å². The number of unbranched alkanes of at least 4 members (excludes halogenated alkanes) is 29. The van der Waals surface area contributed by atoms with Gasteiger partial charge in [0.2, 0.25) is 0 Å². The van der Waals surface area contributed by atoms with E-state index in [9.17, 15) is 14.4 Å². The molecule has 0 aromatic rings. The second kappa shape index (κ2) is 53.7. The summed E-state index contributed by atoms with van der Waals surface area (Å²) < 4.78 is 16.8. The summed E-state index contributed by atoms with van der Waals surface area (Å²) in [5.41, 5.74) is 0. The molecule has 1 unspecified atom stereocenters. The van der Waals surface area contributed by atoms with Crippen molar-refractivity contribution in [2.75, 3.05) is 13.2 Å². The van der Waals surface area contributed by atoms with Crippen LogP contribution in [-0.2, 0) is 28.6 Å². The van der Waals surface area contributed by atoms with E-state index in [1.54, 1.807) is 0 Å². The molecule has 0 aromatic carbocycles. The van der Waals surface area contributed by atoms with E-state index >= 15 is 0 Å². The summed E-state index contributed by atoms with van der Waals surface area (Å²) in [6, 6.07) is 0. The van der Waals surface area contributed by atoms with E-state index in [1.165, 1.54) is 167 Å². The van der Waals surface area contributed by atoms with E-state index in [0.717, 1.165) is 64.2 Å². The molecule has 6 nitrogen and oxygen atoms in total. The third-order valence-electron chi connectivity index (χ3n) is 12.0. The molecule has 0 N–H and O–H groups in total. The Balaban J connectivity index is 4.39. The van der Waals surface area contributed by atoms with Crippen LogP contribution in [0.2, 0.25) is 0 Å². The molecule has 0 spiro atoms. The van der Waals surface area contributed by atoms with E-state index in [4.69, 9.17) is 14.2 Å². The zero-order valence-electron chi connectivity index (χ0n) is 43.0. The number of esters is 3. The van der Waals surface area contributed by atoms with Gasteiger partial charge in [-0.1, -0.05) is 248 Å². The maximum Gasteiger partial charge on any atom is 0.306 e. The molecule has 1 atom stereocenters. The SMILES string of the molecule is CC/C=C\C/C=C\C/C=C\C/C=C\CCC(=O)OCC(COC(=O)CCCCCCCCCCC/C=C\CCCCCCCC)OC(=O)CCCCCCCCCCCCCCCCC. The number of carbonyl (C=O) groups is 3. The van der Waals surface area contributed by atoms with Crippen LogP contribution in [0.3, 0.4) is 0 Å². The van der Waals surface area contributed by atoms with Crippen molar-refractivity contribution < 1.29 is 28.6 Å². The van der Waals surface area contributed by atoms with Crippen LogP contribution in [0.5, 0.6) is 0 Å². The van der Waals surface area contributed by atoms with Crippen LogP contribution in [0.1, 0.15) is 278 Å². The molecular weight excluding hydrogens is 805 g/mol. The molecule has 0 rings (SSSR count). The predicted octanol–water partition coefficient (Wildman–Crippen LogP) is 18.4. The number of allylic oxidation sites excluding steroid dienone is 10. The summed E-state index contributed by atoms with van der Waals surface area (Å²) in [6.07, 6.45) is 66.5. The fraction of sp³-hybridized carbons (Fsp3) is 0.780. The van der Waals surface area contributed by atoms with Crippen molar-refractivity contribution in [1.82, 2.24) is 0 Å². The van der Waals surface area contributed by atoms with Crippen molar-refractivity contribution >= 4 is 17.9 Å². The van der Waals surface area contributed by atoms with Crippen LogP contribution < -0.4 is 0 Å². The number of hydrogen-bond donors (Lipinski definition) is 0. The first-order valence-electron chi connectivity index (χ1n) is 27.8. The predicted molar refractivity (Wildman–Crippen MR) is 279 cm³/mol. The Kier molecular flexibility index (Phi) is 51.3. The third kappa shape index (κ3) is 51.9. The van der Waals surface area contributed by atoms with Gasteiger partial charge in [0.1, 0.15) is 13.2 Å². The van der Waals surface area contributed by atoms with E-state index < -0.39 is 6.10 Å². The molecule has 0 radical (unpaired) electrons. The molecule has 0 aromatic heterocycles. The fourth-order valence-electron chi connectivity index (χ4n) is 7.86. The van der Waals surface area contributed by atoms with Crippen molar-refractivity contribution in [2.45, 2.75) is 284 Å². The summed E-state index contributed by atoms with van der Waals surface area (Å²) in [6.45, 7) is 6.48. The minimum Gasteiger partial charge on any atom is -0.462 e. The van der Waals surface area contributed by atoms with Crippen molar-refractivity contribution in [3.63, 3.8) is 0 Å². The van der Waals surface area contributed by atoms with Crippen LogP contribution in [0, 0.1) is 0 Å². The van der Waals surface area contributed by atoms with Crippen LogP contribution in [0.15, 0.2) is 60.8 Å². The largest absolute Gasteiger partial charge is 0.462 e. The molecule has 0 bridgehead atoms. The Morgan fingerprint density at radius 2 is 0.631 bits per heavy atom. The maximum absolute atomic E-state index is 12.8. The molecule has 65 heavy (non-hydrogen) atoms. The monoisotopic (exact) mass is 909 g/mol. The lowest BCUT2D eigenvalue weighted by Gasteiger charge is -2.18. The van der Waals surface area contributed by atoms with Gasteiger partial charge in [-0.3, -0.25) is 14.4 Å². The Morgan fingerprint density at radius 3 is 1.03 bits per heavy atom. The Bertz CT molecular complexity index is 1180. The van der Waals surface area contributed by atoms with Gasteiger partial charge in [0.05, 0.1) is 0 Å². The summed E-state index contributed by atoms with van der Waals surface area (Å²) in [4.78, 5) is 38.0.